The number of nitrogens with one attached hydrogen (secondary N) is 2. The van der Waals surface area contributed by atoms with Gasteiger partial charge < -0.3 is 10.1 Å². The number of hydroxylamine groups is 1. The van der Waals surface area contributed by atoms with Crippen LogP contribution in [0.4, 0.5) is 5.69 Å². The fraction of sp³-hybridized carbons (Fsp3) is 0.375. The summed E-state index contributed by atoms with van der Waals surface area (Å²) in [6, 6.07) is 3.69. The Hall–Kier alpha value is -1.61. The lowest BCUT2D eigenvalue weighted by Gasteiger charge is -2.24. The number of ether oxygens (including phenoxy) is 1. The third-order valence-electron chi connectivity index (χ3n) is 2.90. The van der Waals surface area contributed by atoms with Gasteiger partial charge in [-0.2, -0.15) is 0 Å². The van der Waals surface area contributed by atoms with Crippen LogP contribution in [-0.2, 0) is 19.8 Å². The summed E-state index contributed by atoms with van der Waals surface area (Å²) in [6.45, 7) is 9.19. The quantitative estimate of drug-likeness (QED) is 0.412. The van der Waals surface area contributed by atoms with E-state index in [1.165, 1.54) is 0 Å². The van der Waals surface area contributed by atoms with E-state index in [0.717, 1.165) is 21.0 Å². The third kappa shape index (κ3) is 5.83. The van der Waals surface area contributed by atoms with Gasteiger partial charge in [0.05, 0.1) is 10.7 Å². The van der Waals surface area contributed by atoms with Crippen LogP contribution in [-0.4, -0.2) is 25.5 Å². The lowest BCUT2D eigenvalue weighted by atomic mass is 9.86. The summed E-state index contributed by atoms with van der Waals surface area (Å²) in [6.07, 6.45) is 1.05. The summed E-state index contributed by atoms with van der Waals surface area (Å²) in [4.78, 5) is 27.6. The van der Waals surface area contributed by atoms with Crippen LogP contribution in [0.15, 0.2) is 24.8 Å². The Balaban J connectivity index is 2.85. The second-order valence-corrected chi connectivity index (χ2v) is 6.96. The Bertz CT molecular complexity index is 609. The molecular formula is C16H21IN2O4. The van der Waals surface area contributed by atoms with Crippen LogP contribution >= 0.6 is 22.6 Å². The Kier molecular flexibility index (Phi) is 7.01. The van der Waals surface area contributed by atoms with Gasteiger partial charge in [-0.05, 0) is 46.2 Å². The van der Waals surface area contributed by atoms with E-state index in [1.54, 1.807) is 7.11 Å². The zero-order valence-corrected chi connectivity index (χ0v) is 15.8. The number of benzene rings is 1. The first-order valence-corrected chi connectivity index (χ1v) is 7.99. The molecule has 0 bridgehead atoms. The second kappa shape index (κ2) is 8.30. The molecule has 0 fully saturated rings. The lowest BCUT2D eigenvalue weighted by Crippen LogP contribution is -2.28. The third-order valence-corrected chi connectivity index (χ3v) is 3.70. The van der Waals surface area contributed by atoms with Crippen molar-refractivity contribution in [2.45, 2.75) is 26.2 Å². The first-order valence-electron chi connectivity index (χ1n) is 6.91. The van der Waals surface area contributed by atoms with Gasteiger partial charge in [-0.25, -0.2) is 5.48 Å². The largest absolute Gasteiger partial charge is 0.495 e. The molecular weight excluding hydrogens is 411 g/mol. The topological polar surface area (TPSA) is 76.7 Å². The molecule has 2 N–H and O–H groups in total. The molecule has 0 aliphatic rings. The zero-order valence-electron chi connectivity index (χ0n) is 13.7. The number of rotatable bonds is 6. The van der Waals surface area contributed by atoms with E-state index in [2.05, 4.69) is 60.7 Å². The van der Waals surface area contributed by atoms with Crippen molar-refractivity contribution < 1.29 is 19.2 Å². The summed E-state index contributed by atoms with van der Waals surface area (Å²) in [7, 11) is 1.63. The lowest BCUT2D eigenvalue weighted by molar-refractivity contribution is -0.133. The predicted molar refractivity (Wildman–Crippen MR) is 97.3 cm³/mol. The number of halogens is 1. The molecule has 1 aromatic carbocycles. The van der Waals surface area contributed by atoms with Crippen LogP contribution in [0.25, 0.3) is 0 Å². The van der Waals surface area contributed by atoms with E-state index in [1.807, 2.05) is 12.1 Å². The van der Waals surface area contributed by atoms with Crippen molar-refractivity contribution in [1.29, 1.82) is 0 Å². The van der Waals surface area contributed by atoms with E-state index < -0.39 is 5.91 Å². The molecule has 0 aromatic heterocycles. The van der Waals surface area contributed by atoms with Gasteiger partial charge in [0.15, 0.2) is 6.61 Å². The molecule has 23 heavy (non-hydrogen) atoms. The Labute approximate surface area is 149 Å². The number of anilines is 1. The van der Waals surface area contributed by atoms with Gasteiger partial charge in [0.25, 0.3) is 11.8 Å². The van der Waals surface area contributed by atoms with Gasteiger partial charge in [0.1, 0.15) is 5.75 Å². The maximum atomic E-state index is 11.9. The molecule has 0 spiro atoms. The van der Waals surface area contributed by atoms with Crippen molar-refractivity contribution in [3.8, 4) is 5.75 Å². The smallest absolute Gasteiger partial charge is 0.266 e. The maximum Gasteiger partial charge on any atom is 0.266 e. The molecule has 0 saturated carbocycles. The maximum absolute atomic E-state index is 11.9. The Morgan fingerprint density at radius 3 is 2.52 bits per heavy atom. The summed E-state index contributed by atoms with van der Waals surface area (Å²) in [5.74, 6) is -0.0902. The normalized spacial score (nSPS) is 10.8. The number of amides is 2. The SMILES string of the molecule is C=CC(=O)NOCC(=O)Nc1cc(I)c(OC)c(C(C)(C)C)c1. The van der Waals surface area contributed by atoms with Crippen molar-refractivity contribution in [1.82, 2.24) is 5.48 Å². The molecule has 0 atom stereocenters. The van der Waals surface area contributed by atoms with Crippen molar-refractivity contribution in [3.05, 3.63) is 33.9 Å². The minimum Gasteiger partial charge on any atom is -0.495 e. The van der Waals surface area contributed by atoms with Crippen LogP contribution in [0.5, 0.6) is 5.75 Å². The van der Waals surface area contributed by atoms with E-state index >= 15 is 0 Å². The predicted octanol–water partition coefficient (Wildman–Crippen LogP) is 2.77. The number of hydrogen-bond acceptors (Lipinski definition) is 4. The Morgan fingerprint density at radius 1 is 1.35 bits per heavy atom. The average Bonchev–Trinajstić information content (AvgIpc) is 2.45. The highest BCUT2D eigenvalue weighted by Gasteiger charge is 2.22. The Morgan fingerprint density at radius 2 is 2.00 bits per heavy atom. The molecule has 0 aliphatic carbocycles. The van der Waals surface area contributed by atoms with E-state index in [-0.39, 0.29) is 17.9 Å². The highest BCUT2D eigenvalue weighted by molar-refractivity contribution is 14.1. The van der Waals surface area contributed by atoms with E-state index in [4.69, 9.17) is 9.57 Å². The molecule has 6 nitrogen and oxygen atoms in total. The molecule has 0 unspecified atom stereocenters. The second-order valence-electron chi connectivity index (χ2n) is 5.80. The number of carbonyl (C=O) groups is 2. The molecule has 0 aliphatic heterocycles. The number of hydrogen-bond donors (Lipinski definition) is 2. The van der Waals surface area contributed by atoms with Crippen molar-refractivity contribution in [3.63, 3.8) is 0 Å². The fourth-order valence-electron chi connectivity index (χ4n) is 1.84. The molecule has 2 amide bonds. The number of methoxy groups -OCH3 is 1. The highest BCUT2D eigenvalue weighted by Crippen LogP contribution is 2.37. The summed E-state index contributed by atoms with van der Waals surface area (Å²) in [5, 5.41) is 2.74. The van der Waals surface area contributed by atoms with E-state index in [0.29, 0.717) is 5.69 Å². The van der Waals surface area contributed by atoms with Gasteiger partial charge in [-0.15, -0.1) is 0 Å². The number of carbonyl (C=O) groups excluding carboxylic acids is 2. The molecule has 0 saturated heterocycles. The molecule has 1 aromatic rings. The zero-order chi connectivity index (χ0) is 17.6. The minimum absolute atomic E-state index is 0.138. The van der Waals surface area contributed by atoms with Gasteiger partial charge in [0.2, 0.25) is 0 Å². The molecule has 0 radical (unpaired) electrons. The van der Waals surface area contributed by atoms with Crippen LogP contribution in [0.3, 0.4) is 0 Å². The molecule has 7 heteroatoms. The minimum atomic E-state index is -0.508. The monoisotopic (exact) mass is 432 g/mol. The van der Waals surface area contributed by atoms with Gasteiger partial charge in [0, 0.05) is 11.3 Å². The van der Waals surface area contributed by atoms with Gasteiger partial charge >= 0.3 is 0 Å². The van der Waals surface area contributed by atoms with Crippen molar-refractivity contribution in [2.75, 3.05) is 19.0 Å². The standard InChI is InChI=1S/C16H21IN2O4/c1-6-13(20)19-23-9-14(21)18-10-7-11(16(2,3)4)15(22-5)12(17)8-10/h6-8H,1,9H2,2-5H3,(H,18,21)(H,19,20). The van der Waals surface area contributed by atoms with Crippen LogP contribution < -0.4 is 15.5 Å². The van der Waals surface area contributed by atoms with E-state index in [9.17, 15) is 9.59 Å². The van der Waals surface area contributed by atoms with Crippen LogP contribution in [0, 0.1) is 3.57 Å². The van der Waals surface area contributed by atoms with Gasteiger partial charge in [-0.3, -0.25) is 14.4 Å². The summed E-state index contributed by atoms with van der Waals surface area (Å²) >= 11 is 2.17. The first-order chi connectivity index (χ1) is 10.7. The highest BCUT2D eigenvalue weighted by atomic mass is 127. The molecule has 126 valence electrons. The van der Waals surface area contributed by atoms with Crippen molar-refractivity contribution in [2.24, 2.45) is 0 Å². The molecule has 1 rings (SSSR count). The van der Waals surface area contributed by atoms with Crippen LogP contribution in [0.1, 0.15) is 26.3 Å². The molecule has 0 heterocycles. The van der Waals surface area contributed by atoms with Gasteiger partial charge in [-0.1, -0.05) is 27.4 Å². The summed E-state index contributed by atoms with van der Waals surface area (Å²) in [5.41, 5.74) is 3.57. The average molecular weight is 432 g/mol. The summed E-state index contributed by atoms with van der Waals surface area (Å²) < 4.78 is 6.36. The van der Waals surface area contributed by atoms with Crippen molar-refractivity contribution >= 4 is 40.1 Å². The fourth-order valence-corrected chi connectivity index (χ4v) is 2.69. The first kappa shape index (κ1) is 19.4. The van der Waals surface area contributed by atoms with Crippen LogP contribution in [0.2, 0.25) is 0 Å².